The second-order valence-electron chi connectivity index (χ2n) is 4.55. The van der Waals surface area contributed by atoms with E-state index in [2.05, 4.69) is 10.5 Å². The van der Waals surface area contributed by atoms with Crippen molar-refractivity contribution in [3.63, 3.8) is 0 Å². The van der Waals surface area contributed by atoms with E-state index in [-0.39, 0.29) is 12.4 Å². The number of hydrogen-bond acceptors (Lipinski definition) is 6. The second kappa shape index (κ2) is 8.50. The highest BCUT2D eigenvalue weighted by Crippen LogP contribution is 2.04. The van der Waals surface area contributed by atoms with E-state index in [1.807, 2.05) is 30.3 Å². The Morgan fingerprint density at radius 3 is 2.55 bits per heavy atom. The SMILES string of the molecule is CC(=O)OC(/C(N)=N\O)[C@H](C)NC(=O)OCc1ccccc1. The van der Waals surface area contributed by atoms with Gasteiger partial charge in [-0.05, 0) is 12.5 Å². The van der Waals surface area contributed by atoms with Crippen molar-refractivity contribution in [2.45, 2.75) is 32.6 Å². The van der Waals surface area contributed by atoms with Gasteiger partial charge in [-0.3, -0.25) is 4.79 Å². The molecule has 2 atom stereocenters. The summed E-state index contributed by atoms with van der Waals surface area (Å²) in [4.78, 5) is 22.7. The van der Waals surface area contributed by atoms with Crippen molar-refractivity contribution in [2.75, 3.05) is 0 Å². The minimum atomic E-state index is -1.09. The Morgan fingerprint density at radius 1 is 1.36 bits per heavy atom. The highest BCUT2D eigenvalue weighted by atomic mass is 16.6. The minimum Gasteiger partial charge on any atom is -0.452 e. The van der Waals surface area contributed by atoms with Crippen LogP contribution in [0.15, 0.2) is 35.5 Å². The number of ether oxygens (including phenoxy) is 2. The van der Waals surface area contributed by atoms with E-state index in [9.17, 15) is 9.59 Å². The maximum Gasteiger partial charge on any atom is 0.407 e. The predicted molar refractivity (Wildman–Crippen MR) is 78.2 cm³/mol. The molecule has 0 aliphatic carbocycles. The van der Waals surface area contributed by atoms with E-state index in [4.69, 9.17) is 20.4 Å². The van der Waals surface area contributed by atoms with Gasteiger partial charge in [0.2, 0.25) is 0 Å². The van der Waals surface area contributed by atoms with Crippen LogP contribution in [0.3, 0.4) is 0 Å². The predicted octanol–water partition coefficient (Wildman–Crippen LogP) is 0.979. The van der Waals surface area contributed by atoms with Crippen LogP contribution in [-0.2, 0) is 20.9 Å². The van der Waals surface area contributed by atoms with Gasteiger partial charge in [0.15, 0.2) is 11.9 Å². The molecule has 0 saturated heterocycles. The number of alkyl carbamates (subject to hydrolysis) is 1. The van der Waals surface area contributed by atoms with Crippen molar-refractivity contribution in [1.29, 1.82) is 0 Å². The van der Waals surface area contributed by atoms with Crippen LogP contribution in [0.5, 0.6) is 0 Å². The molecule has 0 aromatic heterocycles. The van der Waals surface area contributed by atoms with Gasteiger partial charge in [-0.15, -0.1) is 0 Å². The third kappa shape index (κ3) is 5.70. The number of amides is 1. The number of hydrogen-bond donors (Lipinski definition) is 3. The minimum absolute atomic E-state index is 0.0984. The number of nitrogens with one attached hydrogen (secondary N) is 1. The Kier molecular flexibility index (Phi) is 6.68. The van der Waals surface area contributed by atoms with Crippen molar-refractivity contribution in [3.8, 4) is 0 Å². The lowest BCUT2D eigenvalue weighted by molar-refractivity contribution is -0.144. The molecule has 0 aliphatic heterocycles. The van der Waals surface area contributed by atoms with Crippen molar-refractivity contribution < 1.29 is 24.3 Å². The number of benzene rings is 1. The first-order valence-corrected chi connectivity index (χ1v) is 6.56. The van der Waals surface area contributed by atoms with E-state index < -0.39 is 24.2 Å². The zero-order valence-corrected chi connectivity index (χ0v) is 12.4. The highest BCUT2D eigenvalue weighted by Gasteiger charge is 2.26. The van der Waals surface area contributed by atoms with Crippen LogP contribution in [0, 0.1) is 0 Å². The fraction of sp³-hybridized carbons (Fsp3) is 0.357. The summed E-state index contributed by atoms with van der Waals surface area (Å²) in [6.45, 7) is 2.81. The smallest absolute Gasteiger partial charge is 0.407 e. The lowest BCUT2D eigenvalue weighted by Crippen LogP contribution is -2.49. The Labute approximate surface area is 127 Å². The van der Waals surface area contributed by atoms with Crippen molar-refractivity contribution >= 4 is 17.9 Å². The fourth-order valence-electron chi connectivity index (χ4n) is 1.68. The third-order valence-corrected chi connectivity index (χ3v) is 2.71. The summed E-state index contributed by atoms with van der Waals surface area (Å²) < 4.78 is 9.94. The maximum absolute atomic E-state index is 11.7. The molecule has 0 bridgehead atoms. The average molecular weight is 309 g/mol. The topological polar surface area (TPSA) is 123 Å². The molecule has 4 N–H and O–H groups in total. The van der Waals surface area contributed by atoms with E-state index in [1.54, 1.807) is 0 Å². The van der Waals surface area contributed by atoms with Gasteiger partial charge < -0.3 is 25.7 Å². The summed E-state index contributed by atoms with van der Waals surface area (Å²) in [6, 6.07) is 8.40. The summed E-state index contributed by atoms with van der Waals surface area (Å²) in [5.41, 5.74) is 6.27. The lowest BCUT2D eigenvalue weighted by Gasteiger charge is -2.23. The van der Waals surface area contributed by atoms with Gasteiger partial charge in [-0.1, -0.05) is 35.5 Å². The third-order valence-electron chi connectivity index (χ3n) is 2.71. The van der Waals surface area contributed by atoms with Crippen molar-refractivity contribution in [1.82, 2.24) is 5.32 Å². The molecule has 1 aromatic rings. The van der Waals surface area contributed by atoms with Crippen LogP contribution in [0.1, 0.15) is 19.4 Å². The number of carbonyl (C=O) groups is 2. The first kappa shape index (κ1) is 17.3. The van der Waals surface area contributed by atoms with Crippen molar-refractivity contribution in [2.24, 2.45) is 10.9 Å². The molecule has 1 rings (SSSR count). The summed E-state index contributed by atoms with van der Waals surface area (Å²) in [6.07, 6.45) is -1.80. The molecule has 0 fully saturated rings. The molecule has 0 saturated carbocycles. The van der Waals surface area contributed by atoms with Gasteiger partial charge in [0.05, 0.1) is 6.04 Å². The molecule has 0 heterocycles. The first-order chi connectivity index (χ1) is 10.4. The first-order valence-electron chi connectivity index (χ1n) is 6.56. The Balaban J connectivity index is 2.55. The molecule has 8 nitrogen and oxygen atoms in total. The zero-order chi connectivity index (χ0) is 16.5. The Hall–Kier alpha value is -2.77. The van der Waals surface area contributed by atoms with Crippen molar-refractivity contribution in [3.05, 3.63) is 35.9 Å². The highest BCUT2D eigenvalue weighted by molar-refractivity contribution is 5.87. The van der Waals surface area contributed by atoms with Crippen LogP contribution in [-0.4, -0.2) is 35.3 Å². The Morgan fingerprint density at radius 2 is 2.00 bits per heavy atom. The molecule has 0 spiro atoms. The largest absolute Gasteiger partial charge is 0.452 e. The fourth-order valence-corrected chi connectivity index (χ4v) is 1.68. The molecule has 22 heavy (non-hydrogen) atoms. The van der Waals surface area contributed by atoms with Gasteiger partial charge in [-0.2, -0.15) is 0 Å². The molecule has 1 unspecified atom stereocenters. The van der Waals surface area contributed by atoms with Gasteiger partial charge >= 0.3 is 12.1 Å². The maximum atomic E-state index is 11.7. The average Bonchev–Trinajstić information content (AvgIpc) is 2.50. The molecule has 0 radical (unpaired) electrons. The number of carbonyl (C=O) groups excluding carboxylic acids is 2. The molecular formula is C14H19N3O5. The quantitative estimate of drug-likeness (QED) is 0.237. The van der Waals surface area contributed by atoms with Gasteiger partial charge in [0, 0.05) is 6.92 Å². The Bertz CT molecular complexity index is 533. The summed E-state index contributed by atoms with van der Waals surface area (Å²) in [5.74, 6) is -0.950. The number of nitrogens with two attached hydrogens (primary N) is 1. The summed E-state index contributed by atoms with van der Waals surface area (Å²) in [7, 11) is 0. The van der Waals surface area contributed by atoms with Crippen LogP contribution in [0.4, 0.5) is 4.79 Å². The second-order valence-corrected chi connectivity index (χ2v) is 4.55. The number of oxime groups is 1. The standard InChI is InChI=1S/C14H19N3O5/c1-9(12(13(15)17-20)22-10(2)18)16-14(19)21-8-11-6-4-3-5-7-11/h3-7,9,12,20H,8H2,1-2H3,(H2,15,17)(H,16,19)/t9-,12?/m0/s1. The monoisotopic (exact) mass is 309 g/mol. The number of rotatable bonds is 6. The molecule has 0 aliphatic rings. The van der Waals surface area contributed by atoms with Crippen LogP contribution >= 0.6 is 0 Å². The number of amidine groups is 1. The summed E-state index contributed by atoms with van der Waals surface area (Å²) in [5, 5.41) is 13.9. The molecular weight excluding hydrogens is 290 g/mol. The zero-order valence-electron chi connectivity index (χ0n) is 12.4. The van der Waals surface area contributed by atoms with Gasteiger partial charge in [-0.25, -0.2) is 4.79 Å². The van der Waals surface area contributed by atoms with Gasteiger partial charge in [0.25, 0.3) is 0 Å². The van der Waals surface area contributed by atoms with E-state index >= 15 is 0 Å². The molecule has 1 aromatic carbocycles. The van der Waals surface area contributed by atoms with E-state index in [0.29, 0.717) is 0 Å². The van der Waals surface area contributed by atoms with Crippen LogP contribution < -0.4 is 11.1 Å². The molecule has 1 amide bonds. The number of nitrogens with zero attached hydrogens (tertiary/aromatic N) is 1. The summed E-state index contributed by atoms with van der Waals surface area (Å²) >= 11 is 0. The normalized spacial score (nSPS) is 13.8. The van der Waals surface area contributed by atoms with Crippen LogP contribution in [0.25, 0.3) is 0 Å². The lowest BCUT2D eigenvalue weighted by atomic mass is 10.1. The van der Waals surface area contributed by atoms with Gasteiger partial charge in [0.1, 0.15) is 6.61 Å². The number of esters is 1. The molecule has 120 valence electrons. The van der Waals surface area contributed by atoms with E-state index in [1.165, 1.54) is 13.8 Å². The van der Waals surface area contributed by atoms with Crippen LogP contribution in [0.2, 0.25) is 0 Å². The molecule has 8 heteroatoms. The van der Waals surface area contributed by atoms with E-state index in [0.717, 1.165) is 5.56 Å².